The van der Waals surface area contributed by atoms with Gasteiger partial charge in [-0.25, -0.2) is 19.9 Å². The number of furan rings is 1. The van der Waals surface area contributed by atoms with E-state index in [0.717, 1.165) is 94.6 Å². The van der Waals surface area contributed by atoms with E-state index in [9.17, 15) is 0 Å². The second kappa shape index (κ2) is 15.3. The molecule has 0 saturated carbocycles. The third-order valence-electron chi connectivity index (χ3n) is 11.9. The van der Waals surface area contributed by atoms with Crippen LogP contribution in [0.1, 0.15) is 5.56 Å². The van der Waals surface area contributed by atoms with Gasteiger partial charge in [-0.05, 0) is 85.8 Å². The van der Waals surface area contributed by atoms with Gasteiger partial charge in [-0.2, -0.15) is 0 Å². The highest BCUT2D eigenvalue weighted by molar-refractivity contribution is 6.13. The van der Waals surface area contributed by atoms with Crippen molar-refractivity contribution in [3.05, 3.63) is 218 Å². The molecule has 0 radical (unpaired) electrons. The summed E-state index contributed by atoms with van der Waals surface area (Å²) in [5.41, 5.74) is 12.7. The van der Waals surface area contributed by atoms with Crippen molar-refractivity contribution < 1.29 is 4.42 Å². The summed E-state index contributed by atoms with van der Waals surface area (Å²) >= 11 is 0. The number of aryl methyl sites for hydroxylation is 1. The molecule has 0 amide bonds. The Morgan fingerprint density at radius 1 is 0.422 bits per heavy atom. The van der Waals surface area contributed by atoms with E-state index < -0.39 is 0 Å². The molecule has 0 aliphatic rings. The Bertz CT molecular complexity index is 3620. The molecule has 0 unspecified atom stereocenters. The van der Waals surface area contributed by atoms with Gasteiger partial charge in [-0.15, -0.1) is 0 Å². The van der Waals surface area contributed by atoms with Crippen molar-refractivity contribution in [2.75, 3.05) is 4.90 Å². The van der Waals surface area contributed by atoms with Crippen LogP contribution in [-0.2, 0) is 0 Å². The van der Waals surface area contributed by atoms with Crippen molar-refractivity contribution in [1.29, 1.82) is 0 Å². The summed E-state index contributed by atoms with van der Waals surface area (Å²) in [5, 5.41) is 4.41. The molecule has 4 aromatic heterocycles. The van der Waals surface area contributed by atoms with Crippen LogP contribution in [0.2, 0.25) is 0 Å². The monoisotopic (exact) mass is 822 g/mol. The zero-order valence-corrected chi connectivity index (χ0v) is 34.8. The minimum Gasteiger partial charge on any atom is -0.454 e. The number of hydrogen-bond acceptors (Lipinski definition) is 6. The maximum absolute atomic E-state index is 6.71. The number of anilines is 3. The Morgan fingerprint density at radius 2 is 1.02 bits per heavy atom. The van der Waals surface area contributed by atoms with E-state index in [4.69, 9.17) is 24.4 Å². The van der Waals surface area contributed by atoms with Gasteiger partial charge in [0.2, 0.25) is 0 Å². The Kier molecular flexibility index (Phi) is 8.90. The fraction of sp³-hybridized carbons (Fsp3) is 0.0175. The Balaban J connectivity index is 1.00. The molecule has 12 aromatic rings. The summed E-state index contributed by atoms with van der Waals surface area (Å²) in [6, 6.07) is 73.2. The molecule has 0 atom stereocenters. The Hall–Kier alpha value is -8.68. The van der Waals surface area contributed by atoms with Gasteiger partial charge in [0.05, 0.1) is 22.4 Å². The molecule has 8 aromatic carbocycles. The molecule has 0 fully saturated rings. The molecule has 0 aliphatic heterocycles. The van der Waals surface area contributed by atoms with Gasteiger partial charge in [0.25, 0.3) is 0 Å². The topological polar surface area (TPSA) is 72.9 Å². The number of fused-ring (bicyclic) bond motifs is 6. The molecule has 0 aliphatic carbocycles. The van der Waals surface area contributed by atoms with Crippen LogP contribution in [0.25, 0.3) is 94.9 Å². The third-order valence-corrected chi connectivity index (χ3v) is 11.9. The lowest BCUT2D eigenvalue weighted by Gasteiger charge is -2.25. The number of rotatable bonds is 8. The number of pyridine rings is 1. The van der Waals surface area contributed by atoms with E-state index in [1.165, 1.54) is 5.56 Å². The van der Waals surface area contributed by atoms with Crippen molar-refractivity contribution >= 4 is 60.9 Å². The summed E-state index contributed by atoms with van der Waals surface area (Å²) in [7, 11) is 0. The fourth-order valence-corrected chi connectivity index (χ4v) is 8.86. The van der Waals surface area contributed by atoms with Crippen LogP contribution in [-0.4, -0.2) is 24.5 Å². The quantitative estimate of drug-likeness (QED) is 0.152. The standard InChI is InChI=1S/C57H38N6O/c1-37-27-34-52-47(35-37)45-22-13-25-51(54(45)64-52)63(53-26-14-23-48(58-53)38-15-5-2-6-16-38)43-32-33-50-46(36-43)44-21-11-12-24-49(44)62(50)42-30-28-41(29-31-42)57-60-55(39-17-7-3-8-18-39)59-56(61-57)40-19-9-4-10-20-40/h2-36H,1H3. The molecule has 64 heavy (non-hydrogen) atoms. The summed E-state index contributed by atoms with van der Waals surface area (Å²) in [5.74, 6) is 2.67. The van der Waals surface area contributed by atoms with Gasteiger partial charge in [-0.3, -0.25) is 4.90 Å². The predicted octanol–water partition coefficient (Wildman–Crippen LogP) is 14.7. The van der Waals surface area contributed by atoms with Crippen LogP contribution in [0, 0.1) is 6.92 Å². The van der Waals surface area contributed by atoms with Crippen LogP contribution in [0.4, 0.5) is 17.2 Å². The predicted molar refractivity (Wildman–Crippen MR) is 260 cm³/mol. The van der Waals surface area contributed by atoms with Gasteiger partial charge in [0.15, 0.2) is 23.1 Å². The molecular formula is C57H38N6O. The maximum atomic E-state index is 6.71. The zero-order chi connectivity index (χ0) is 42.6. The molecule has 7 heteroatoms. The smallest absolute Gasteiger partial charge is 0.164 e. The first-order chi connectivity index (χ1) is 31.6. The van der Waals surface area contributed by atoms with E-state index in [2.05, 4.69) is 150 Å². The minimum absolute atomic E-state index is 0.616. The average Bonchev–Trinajstić information content (AvgIpc) is 3.90. The molecule has 0 spiro atoms. The second-order valence-corrected chi connectivity index (χ2v) is 16.0. The van der Waals surface area contributed by atoms with Crippen LogP contribution in [0.3, 0.4) is 0 Å². The summed E-state index contributed by atoms with van der Waals surface area (Å²) in [4.78, 5) is 22.4. The van der Waals surface area contributed by atoms with Crippen LogP contribution in [0.5, 0.6) is 0 Å². The lowest BCUT2D eigenvalue weighted by Crippen LogP contribution is -2.12. The van der Waals surface area contributed by atoms with Gasteiger partial charge < -0.3 is 8.98 Å². The third kappa shape index (κ3) is 6.46. The van der Waals surface area contributed by atoms with Crippen LogP contribution < -0.4 is 4.90 Å². The van der Waals surface area contributed by atoms with Crippen molar-refractivity contribution in [2.45, 2.75) is 6.92 Å². The lowest BCUT2D eigenvalue weighted by molar-refractivity contribution is 0.669. The molecule has 12 rings (SSSR count). The molecule has 302 valence electrons. The molecule has 0 bridgehead atoms. The zero-order valence-electron chi connectivity index (χ0n) is 34.8. The molecule has 4 heterocycles. The summed E-state index contributed by atoms with van der Waals surface area (Å²) in [6.07, 6.45) is 0. The van der Waals surface area contributed by atoms with E-state index in [-0.39, 0.29) is 0 Å². The molecular weight excluding hydrogens is 785 g/mol. The number of hydrogen-bond donors (Lipinski definition) is 0. The summed E-state index contributed by atoms with van der Waals surface area (Å²) < 4.78 is 9.04. The van der Waals surface area contributed by atoms with E-state index in [1.807, 2.05) is 78.9 Å². The number of aromatic nitrogens is 5. The lowest BCUT2D eigenvalue weighted by atomic mass is 10.1. The highest BCUT2D eigenvalue weighted by Gasteiger charge is 2.23. The number of para-hydroxylation sites is 2. The van der Waals surface area contributed by atoms with E-state index >= 15 is 0 Å². The maximum Gasteiger partial charge on any atom is 0.164 e. The first-order valence-electron chi connectivity index (χ1n) is 21.4. The number of nitrogens with zero attached hydrogens (tertiary/aromatic N) is 6. The van der Waals surface area contributed by atoms with Gasteiger partial charge >= 0.3 is 0 Å². The fourth-order valence-electron chi connectivity index (χ4n) is 8.86. The van der Waals surface area contributed by atoms with Crippen molar-refractivity contribution in [3.63, 3.8) is 0 Å². The van der Waals surface area contributed by atoms with Gasteiger partial charge in [-0.1, -0.05) is 139 Å². The molecule has 0 saturated heterocycles. The highest BCUT2D eigenvalue weighted by Crippen LogP contribution is 2.44. The number of benzene rings is 8. The van der Waals surface area contributed by atoms with Crippen LogP contribution in [0.15, 0.2) is 217 Å². The average molecular weight is 823 g/mol. The van der Waals surface area contributed by atoms with E-state index in [0.29, 0.717) is 17.5 Å². The van der Waals surface area contributed by atoms with Gasteiger partial charge in [0, 0.05) is 55.2 Å². The Morgan fingerprint density at radius 3 is 1.72 bits per heavy atom. The summed E-state index contributed by atoms with van der Waals surface area (Å²) in [6.45, 7) is 2.12. The molecule has 7 nitrogen and oxygen atoms in total. The normalized spacial score (nSPS) is 11.5. The first-order valence-corrected chi connectivity index (χ1v) is 21.4. The highest BCUT2D eigenvalue weighted by atomic mass is 16.3. The largest absolute Gasteiger partial charge is 0.454 e. The molecule has 0 N–H and O–H groups in total. The second-order valence-electron chi connectivity index (χ2n) is 16.0. The van der Waals surface area contributed by atoms with E-state index in [1.54, 1.807) is 0 Å². The SMILES string of the molecule is Cc1ccc2oc3c(N(c4ccc5c(c4)c4ccccc4n5-c4ccc(-c5nc(-c6ccccc6)nc(-c6ccccc6)n5)cc4)c4cccc(-c5ccccc5)n4)cccc3c2c1. The van der Waals surface area contributed by atoms with Crippen molar-refractivity contribution in [3.8, 4) is 51.1 Å². The Labute approximate surface area is 369 Å². The van der Waals surface area contributed by atoms with Crippen molar-refractivity contribution in [1.82, 2.24) is 24.5 Å². The van der Waals surface area contributed by atoms with Crippen LogP contribution >= 0.6 is 0 Å². The minimum atomic E-state index is 0.616. The first kappa shape index (κ1) is 37.1. The van der Waals surface area contributed by atoms with Gasteiger partial charge in [0.1, 0.15) is 11.4 Å². The van der Waals surface area contributed by atoms with Crippen molar-refractivity contribution in [2.24, 2.45) is 0 Å².